The smallest absolute Gasteiger partial charge is 0.306 e. The molecule has 0 spiro atoms. The van der Waals surface area contributed by atoms with Gasteiger partial charge in [-0.25, -0.2) is 0 Å². The van der Waals surface area contributed by atoms with E-state index >= 15 is 0 Å². The summed E-state index contributed by atoms with van der Waals surface area (Å²) < 4.78 is 27.2. The number of amides is 1. The third-order valence-electron chi connectivity index (χ3n) is 4.00. The molecule has 0 saturated heterocycles. The molecule has 2 aromatic carbocycles. The van der Waals surface area contributed by atoms with Crippen LogP contribution in [-0.4, -0.2) is 31.5 Å². The van der Waals surface area contributed by atoms with Crippen molar-refractivity contribution in [2.75, 3.05) is 6.26 Å². The number of hydrogen-bond donors (Lipinski definition) is 0. The van der Waals surface area contributed by atoms with Gasteiger partial charge in [-0.2, -0.15) is 8.42 Å². The highest BCUT2D eigenvalue weighted by Gasteiger charge is 2.21. The molecule has 0 aromatic heterocycles. The summed E-state index contributed by atoms with van der Waals surface area (Å²) in [5.41, 5.74) is 1.46. The number of benzene rings is 2. The maximum Gasteiger partial charge on any atom is 0.306 e. The summed E-state index contributed by atoms with van der Waals surface area (Å²) in [6.07, 6.45) is 1.81. The van der Waals surface area contributed by atoms with Crippen molar-refractivity contribution in [3.63, 3.8) is 0 Å². The standard InChI is InChI=1S/C19H22ClNO4S/c1-4-14(2)21(19(22)16-7-9-17(20)10-8-16)13-15-5-11-18(12-6-15)25-26(3,23)24/h5-12,14H,4,13H2,1-3H3/t14-/m1/s1. The molecule has 140 valence electrons. The Morgan fingerprint density at radius 2 is 1.69 bits per heavy atom. The van der Waals surface area contributed by atoms with Crippen LogP contribution in [0.3, 0.4) is 0 Å². The molecule has 2 rings (SSSR count). The van der Waals surface area contributed by atoms with Crippen LogP contribution in [0.1, 0.15) is 36.2 Å². The van der Waals surface area contributed by atoms with Gasteiger partial charge in [0, 0.05) is 23.2 Å². The molecular formula is C19H22ClNO4S. The van der Waals surface area contributed by atoms with E-state index < -0.39 is 10.1 Å². The van der Waals surface area contributed by atoms with Crippen LogP contribution in [0.25, 0.3) is 0 Å². The molecule has 0 N–H and O–H groups in total. The number of halogens is 1. The van der Waals surface area contributed by atoms with E-state index in [-0.39, 0.29) is 17.7 Å². The lowest BCUT2D eigenvalue weighted by molar-refractivity contribution is 0.0671. The molecule has 0 unspecified atom stereocenters. The lowest BCUT2D eigenvalue weighted by atomic mass is 10.1. The van der Waals surface area contributed by atoms with Gasteiger partial charge in [0.2, 0.25) is 0 Å². The molecule has 0 saturated carbocycles. The van der Waals surface area contributed by atoms with Crippen LogP contribution in [0.15, 0.2) is 48.5 Å². The molecular weight excluding hydrogens is 374 g/mol. The summed E-state index contributed by atoms with van der Waals surface area (Å²) in [6.45, 7) is 4.43. The fraction of sp³-hybridized carbons (Fsp3) is 0.316. The predicted molar refractivity (Wildman–Crippen MR) is 103 cm³/mol. The topological polar surface area (TPSA) is 63.7 Å². The third-order valence-corrected chi connectivity index (χ3v) is 4.75. The minimum absolute atomic E-state index is 0.0464. The first-order valence-corrected chi connectivity index (χ1v) is 10.4. The summed E-state index contributed by atoms with van der Waals surface area (Å²) in [5, 5.41) is 0.582. The van der Waals surface area contributed by atoms with Gasteiger partial charge in [-0.05, 0) is 55.3 Å². The van der Waals surface area contributed by atoms with E-state index in [1.807, 2.05) is 13.8 Å². The summed E-state index contributed by atoms with van der Waals surface area (Å²) in [6, 6.07) is 13.5. The highest BCUT2D eigenvalue weighted by atomic mass is 35.5. The Morgan fingerprint density at radius 3 is 2.19 bits per heavy atom. The zero-order valence-electron chi connectivity index (χ0n) is 15.0. The molecule has 0 aliphatic heterocycles. The molecule has 0 bridgehead atoms. The van der Waals surface area contributed by atoms with Gasteiger partial charge in [0.05, 0.1) is 6.26 Å². The van der Waals surface area contributed by atoms with Crippen LogP contribution in [0, 0.1) is 0 Å². The van der Waals surface area contributed by atoms with Crippen LogP contribution >= 0.6 is 11.6 Å². The average Bonchev–Trinajstić information content (AvgIpc) is 2.59. The molecule has 26 heavy (non-hydrogen) atoms. The first-order valence-electron chi connectivity index (χ1n) is 8.24. The van der Waals surface area contributed by atoms with Gasteiger partial charge in [0.25, 0.3) is 5.91 Å². The fourth-order valence-electron chi connectivity index (χ4n) is 2.43. The van der Waals surface area contributed by atoms with Crippen molar-refractivity contribution in [2.45, 2.75) is 32.9 Å². The lowest BCUT2D eigenvalue weighted by Crippen LogP contribution is -2.37. The molecule has 0 aliphatic carbocycles. The Bertz CT molecular complexity index is 848. The molecule has 0 heterocycles. The van der Waals surface area contributed by atoms with Crippen molar-refractivity contribution in [1.29, 1.82) is 0 Å². The van der Waals surface area contributed by atoms with E-state index in [0.717, 1.165) is 18.2 Å². The average molecular weight is 396 g/mol. The largest absolute Gasteiger partial charge is 0.383 e. The van der Waals surface area contributed by atoms with Gasteiger partial charge in [0.1, 0.15) is 5.75 Å². The van der Waals surface area contributed by atoms with Crippen molar-refractivity contribution in [3.8, 4) is 5.75 Å². The van der Waals surface area contributed by atoms with Gasteiger partial charge in [-0.15, -0.1) is 0 Å². The Kier molecular flexibility index (Phi) is 6.67. The summed E-state index contributed by atoms with van der Waals surface area (Å²) >= 11 is 5.90. The van der Waals surface area contributed by atoms with E-state index in [1.165, 1.54) is 0 Å². The predicted octanol–water partition coefficient (Wildman–Crippen LogP) is 4.12. The monoisotopic (exact) mass is 395 g/mol. The van der Waals surface area contributed by atoms with Gasteiger partial charge in [-0.3, -0.25) is 4.79 Å². The second-order valence-corrected chi connectivity index (χ2v) is 8.14. The molecule has 7 heteroatoms. The van der Waals surface area contributed by atoms with Crippen molar-refractivity contribution in [2.24, 2.45) is 0 Å². The maximum atomic E-state index is 12.9. The van der Waals surface area contributed by atoms with Crippen LogP contribution in [-0.2, 0) is 16.7 Å². The molecule has 5 nitrogen and oxygen atoms in total. The van der Waals surface area contributed by atoms with E-state index in [0.29, 0.717) is 17.1 Å². The number of nitrogens with zero attached hydrogens (tertiary/aromatic N) is 1. The highest BCUT2D eigenvalue weighted by Crippen LogP contribution is 2.19. The summed E-state index contributed by atoms with van der Waals surface area (Å²) in [7, 11) is -3.56. The van der Waals surface area contributed by atoms with E-state index in [2.05, 4.69) is 0 Å². The number of hydrogen-bond acceptors (Lipinski definition) is 4. The zero-order valence-corrected chi connectivity index (χ0v) is 16.5. The van der Waals surface area contributed by atoms with Crippen molar-refractivity contribution < 1.29 is 17.4 Å². The molecule has 1 amide bonds. The van der Waals surface area contributed by atoms with E-state index in [4.69, 9.17) is 15.8 Å². The maximum absolute atomic E-state index is 12.9. The second-order valence-electron chi connectivity index (χ2n) is 6.13. The van der Waals surface area contributed by atoms with Crippen molar-refractivity contribution in [1.82, 2.24) is 4.90 Å². The first kappa shape index (κ1) is 20.3. The quantitative estimate of drug-likeness (QED) is 0.661. The molecule has 2 aromatic rings. The zero-order chi connectivity index (χ0) is 19.3. The SMILES string of the molecule is CC[C@@H](C)N(Cc1ccc(OS(C)(=O)=O)cc1)C(=O)c1ccc(Cl)cc1. The van der Waals surface area contributed by atoms with Crippen LogP contribution in [0.2, 0.25) is 5.02 Å². The van der Waals surface area contributed by atoms with E-state index in [1.54, 1.807) is 53.4 Å². The second kappa shape index (κ2) is 8.56. The minimum atomic E-state index is -3.56. The highest BCUT2D eigenvalue weighted by molar-refractivity contribution is 7.86. The van der Waals surface area contributed by atoms with Crippen LogP contribution in [0.4, 0.5) is 0 Å². The van der Waals surface area contributed by atoms with Gasteiger partial charge in [0.15, 0.2) is 0 Å². The third kappa shape index (κ3) is 5.75. The van der Waals surface area contributed by atoms with Gasteiger partial charge < -0.3 is 9.08 Å². The molecule has 0 aliphatic rings. The first-order chi connectivity index (χ1) is 12.2. The Balaban J connectivity index is 2.20. The molecule has 1 atom stereocenters. The molecule has 0 radical (unpaired) electrons. The number of carbonyl (C=O) groups is 1. The minimum Gasteiger partial charge on any atom is -0.383 e. The Labute approximate surface area is 159 Å². The fourth-order valence-corrected chi connectivity index (χ4v) is 3.02. The number of rotatable bonds is 7. The Morgan fingerprint density at radius 1 is 1.12 bits per heavy atom. The molecule has 0 fully saturated rings. The summed E-state index contributed by atoms with van der Waals surface area (Å²) in [4.78, 5) is 14.7. The van der Waals surface area contributed by atoms with Gasteiger partial charge in [-0.1, -0.05) is 30.7 Å². The van der Waals surface area contributed by atoms with Crippen molar-refractivity contribution in [3.05, 3.63) is 64.7 Å². The van der Waals surface area contributed by atoms with Crippen LogP contribution < -0.4 is 4.18 Å². The van der Waals surface area contributed by atoms with Gasteiger partial charge >= 0.3 is 10.1 Å². The normalized spacial score (nSPS) is 12.5. The Hall–Kier alpha value is -2.05. The van der Waals surface area contributed by atoms with Crippen LogP contribution in [0.5, 0.6) is 5.75 Å². The van der Waals surface area contributed by atoms with Crippen molar-refractivity contribution >= 4 is 27.6 Å². The summed E-state index contributed by atoms with van der Waals surface area (Å²) in [5.74, 6) is 0.169. The lowest BCUT2D eigenvalue weighted by Gasteiger charge is -2.29. The van der Waals surface area contributed by atoms with E-state index in [9.17, 15) is 13.2 Å². The number of carbonyl (C=O) groups excluding carboxylic acids is 1.